The lowest BCUT2D eigenvalue weighted by Crippen LogP contribution is -2.22. The summed E-state index contributed by atoms with van der Waals surface area (Å²) in [6, 6.07) is 22.8. The third kappa shape index (κ3) is 6.09. The molecule has 1 unspecified atom stereocenters. The van der Waals surface area contributed by atoms with Crippen LogP contribution in [0.4, 0.5) is 0 Å². The van der Waals surface area contributed by atoms with Crippen LogP contribution in [0.1, 0.15) is 38.9 Å². The van der Waals surface area contributed by atoms with Gasteiger partial charge in [-0.15, -0.1) is 0 Å². The highest BCUT2D eigenvalue weighted by molar-refractivity contribution is 6.37. The zero-order valence-corrected chi connectivity index (χ0v) is 24.5. The van der Waals surface area contributed by atoms with Gasteiger partial charge in [-0.2, -0.15) is 0 Å². The lowest BCUT2D eigenvalue weighted by atomic mass is 10.1. The summed E-state index contributed by atoms with van der Waals surface area (Å²) >= 11 is 13.4. The van der Waals surface area contributed by atoms with Gasteiger partial charge in [0.05, 0.1) is 10.7 Å². The van der Waals surface area contributed by atoms with Gasteiger partial charge in [0, 0.05) is 46.2 Å². The Balaban J connectivity index is 1.37. The number of fused-ring (bicyclic) bond motifs is 1. The topological polar surface area (TPSA) is 99.2 Å². The number of ether oxygens (including phenoxy) is 1. The summed E-state index contributed by atoms with van der Waals surface area (Å²) in [5.74, 6) is 0.149. The van der Waals surface area contributed by atoms with Gasteiger partial charge in [-0.3, -0.25) is 9.59 Å². The van der Waals surface area contributed by atoms with Crippen molar-refractivity contribution in [2.24, 2.45) is 5.73 Å². The molecule has 0 fully saturated rings. The molecule has 2 heterocycles. The van der Waals surface area contributed by atoms with Gasteiger partial charge in [-0.25, -0.2) is 4.98 Å². The number of pyridine rings is 1. The number of carbonyl (C=O) groups is 2. The SMILES string of the molecule is CNC(=O)c1ccc(/C=C/C(=O)C(N)c2cccn2-c2ccc(Cl)c(COc3cccc4ccc(C)nc34)c2Cl)cc1. The Morgan fingerprint density at radius 1 is 1.02 bits per heavy atom. The van der Waals surface area contributed by atoms with Crippen LogP contribution in [0.3, 0.4) is 0 Å². The predicted molar refractivity (Wildman–Crippen MR) is 167 cm³/mol. The standard InChI is InChI=1S/C33H28Cl2N4O3/c1-20-8-12-22-5-3-7-29(32(22)38-20)42-19-24-25(34)15-16-26(30(24)35)39-18-4-6-27(39)31(36)28(40)17-11-21-9-13-23(14-10-21)33(41)37-2/h3-18,31H,19,36H2,1-2H3,(H,37,41)/b17-11+. The Hall–Kier alpha value is -4.43. The van der Waals surface area contributed by atoms with Crippen LogP contribution in [-0.2, 0) is 11.4 Å². The third-order valence-corrected chi connectivity index (χ3v) is 7.64. The monoisotopic (exact) mass is 598 g/mol. The van der Waals surface area contributed by atoms with Gasteiger partial charge < -0.3 is 20.4 Å². The second kappa shape index (κ2) is 12.6. The molecule has 0 aliphatic heterocycles. The van der Waals surface area contributed by atoms with Gasteiger partial charge in [0.15, 0.2) is 5.78 Å². The summed E-state index contributed by atoms with van der Waals surface area (Å²) in [4.78, 5) is 29.4. The number of benzene rings is 3. The smallest absolute Gasteiger partial charge is 0.251 e. The summed E-state index contributed by atoms with van der Waals surface area (Å²) in [6.07, 6.45) is 4.89. The van der Waals surface area contributed by atoms with Crippen molar-refractivity contribution >= 4 is 51.9 Å². The van der Waals surface area contributed by atoms with Gasteiger partial charge in [-0.1, -0.05) is 59.6 Å². The Bertz CT molecular complexity index is 1810. The van der Waals surface area contributed by atoms with Gasteiger partial charge >= 0.3 is 0 Å². The number of aryl methyl sites for hydroxylation is 1. The van der Waals surface area contributed by atoms with Crippen LogP contribution >= 0.6 is 23.2 Å². The van der Waals surface area contributed by atoms with E-state index in [9.17, 15) is 9.59 Å². The van der Waals surface area contributed by atoms with Crippen molar-refractivity contribution in [3.63, 3.8) is 0 Å². The van der Waals surface area contributed by atoms with E-state index in [4.69, 9.17) is 33.7 Å². The number of nitrogens with one attached hydrogen (secondary N) is 1. The fraction of sp³-hybridized carbons (Fsp3) is 0.121. The number of rotatable bonds is 9. The quantitative estimate of drug-likeness (QED) is 0.180. The fourth-order valence-electron chi connectivity index (χ4n) is 4.57. The molecular formula is C33H28Cl2N4O3. The van der Waals surface area contributed by atoms with Crippen LogP contribution in [0.5, 0.6) is 5.75 Å². The predicted octanol–water partition coefficient (Wildman–Crippen LogP) is 6.86. The van der Waals surface area contributed by atoms with Crippen molar-refractivity contribution in [2.75, 3.05) is 7.05 Å². The van der Waals surface area contributed by atoms with Gasteiger partial charge in [-0.05, 0) is 67.1 Å². The lowest BCUT2D eigenvalue weighted by Gasteiger charge is -2.18. The number of carbonyl (C=O) groups excluding carboxylic acids is 2. The molecule has 0 aliphatic rings. The van der Waals surface area contributed by atoms with Crippen molar-refractivity contribution in [3.8, 4) is 11.4 Å². The average molecular weight is 600 g/mol. The summed E-state index contributed by atoms with van der Waals surface area (Å²) in [5, 5.41) is 4.38. The summed E-state index contributed by atoms with van der Waals surface area (Å²) in [6.45, 7) is 2.04. The molecule has 212 valence electrons. The minimum atomic E-state index is -0.946. The molecule has 3 aromatic carbocycles. The van der Waals surface area contributed by atoms with E-state index in [2.05, 4.69) is 10.3 Å². The average Bonchev–Trinajstić information content (AvgIpc) is 3.49. The number of para-hydroxylation sites is 1. The Kier molecular flexibility index (Phi) is 8.73. The number of ketones is 1. The minimum Gasteiger partial charge on any atom is -0.487 e. The zero-order valence-electron chi connectivity index (χ0n) is 23.0. The molecule has 0 spiro atoms. The Morgan fingerprint density at radius 3 is 2.57 bits per heavy atom. The van der Waals surface area contributed by atoms with Crippen LogP contribution < -0.4 is 15.8 Å². The molecule has 42 heavy (non-hydrogen) atoms. The van der Waals surface area contributed by atoms with Gasteiger partial charge in [0.1, 0.15) is 23.9 Å². The third-order valence-electron chi connectivity index (χ3n) is 6.87. The highest BCUT2D eigenvalue weighted by Gasteiger charge is 2.21. The highest BCUT2D eigenvalue weighted by atomic mass is 35.5. The van der Waals surface area contributed by atoms with Gasteiger partial charge in [0.25, 0.3) is 5.91 Å². The van der Waals surface area contributed by atoms with E-state index in [0.717, 1.165) is 22.2 Å². The number of hydrogen-bond acceptors (Lipinski definition) is 5. The van der Waals surface area contributed by atoms with Crippen molar-refractivity contribution in [3.05, 3.63) is 129 Å². The molecule has 0 saturated heterocycles. The van der Waals surface area contributed by atoms with Crippen LogP contribution in [0.15, 0.2) is 91.1 Å². The molecule has 0 radical (unpaired) electrons. The maximum Gasteiger partial charge on any atom is 0.251 e. The number of aromatic nitrogens is 2. The molecule has 3 N–H and O–H groups in total. The number of nitrogens with two attached hydrogens (primary N) is 1. The van der Waals surface area contributed by atoms with E-state index in [1.54, 1.807) is 72.4 Å². The first-order valence-corrected chi connectivity index (χ1v) is 14.0. The molecule has 9 heteroatoms. The first-order chi connectivity index (χ1) is 20.3. The molecule has 0 bridgehead atoms. The normalized spacial score (nSPS) is 12.0. The van der Waals surface area contributed by atoms with E-state index in [1.807, 2.05) is 37.3 Å². The van der Waals surface area contributed by atoms with Crippen molar-refractivity contribution in [1.82, 2.24) is 14.9 Å². The van der Waals surface area contributed by atoms with Crippen LogP contribution in [-0.4, -0.2) is 28.3 Å². The van der Waals surface area contributed by atoms with E-state index in [-0.39, 0.29) is 18.3 Å². The summed E-state index contributed by atoms with van der Waals surface area (Å²) < 4.78 is 7.94. The van der Waals surface area contributed by atoms with Crippen LogP contribution in [0.25, 0.3) is 22.7 Å². The van der Waals surface area contributed by atoms with Crippen LogP contribution in [0.2, 0.25) is 10.0 Å². The van der Waals surface area contributed by atoms with Crippen molar-refractivity contribution < 1.29 is 14.3 Å². The van der Waals surface area contributed by atoms with Crippen LogP contribution in [0, 0.1) is 6.92 Å². The number of amides is 1. The van der Waals surface area contributed by atoms with E-state index >= 15 is 0 Å². The number of hydrogen-bond donors (Lipinski definition) is 2. The second-order valence-corrected chi connectivity index (χ2v) is 10.4. The molecule has 2 aromatic heterocycles. The molecule has 0 aliphatic carbocycles. The summed E-state index contributed by atoms with van der Waals surface area (Å²) in [7, 11) is 1.57. The summed E-state index contributed by atoms with van der Waals surface area (Å²) in [5.41, 5.74) is 11.1. The zero-order chi connectivity index (χ0) is 29.8. The van der Waals surface area contributed by atoms with E-state index in [0.29, 0.717) is 38.3 Å². The van der Waals surface area contributed by atoms with Crippen molar-refractivity contribution in [2.45, 2.75) is 19.6 Å². The fourth-order valence-corrected chi connectivity index (χ4v) is 5.14. The Labute approximate surface area is 253 Å². The second-order valence-electron chi connectivity index (χ2n) is 9.65. The minimum absolute atomic E-state index is 0.114. The highest BCUT2D eigenvalue weighted by Crippen LogP contribution is 2.34. The molecule has 1 atom stereocenters. The molecule has 1 amide bonds. The maximum atomic E-state index is 13.0. The largest absolute Gasteiger partial charge is 0.487 e. The first-order valence-electron chi connectivity index (χ1n) is 13.2. The van der Waals surface area contributed by atoms with Crippen molar-refractivity contribution in [1.29, 1.82) is 0 Å². The van der Waals surface area contributed by atoms with E-state index in [1.165, 1.54) is 6.08 Å². The molecule has 7 nitrogen and oxygen atoms in total. The Morgan fingerprint density at radius 2 is 1.81 bits per heavy atom. The van der Waals surface area contributed by atoms with E-state index < -0.39 is 6.04 Å². The molecule has 0 saturated carbocycles. The first kappa shape index (κ1) is 29.1. The maximum absolute atomic E-state index is 13.0. The molecule has 5 rings (SSSR count). The number of halogens is 2. The molecule has 5 aromatic rings. The lowest BCUT2D eigenvalue weighted by molar-refractivity contribution is -0.115. The number of nitrogens with zero attached hydrogens (tertiary/aromatic N) is 2. The molecular weight excluding hydrogens is 571 g/mol. The van der Waals surface area contributed by atoms with Gasteiger partial charge in [0.2, 0.25) is 0 Å².